The van der Waals surface area contributed by atoms with Gasteiger partial charge in [-0.05, 0) is 93.2 Å². The van der Waals surface area contributed by atoms with Gasteiger partial charge in [0.1, 0.15) is 6.54 Å². The van der Waals surface area contributed by atoms with E-state index in [4.69, 9.17) is 0 Å². The van der Waals surface area contributed by atoms with Gasteiger partial charge in [0.2, 0.25) is 15.9 Å². The fourth-order valence-corrected chi connectivity index (χ4v) is 7.49. The second-order valence-corrected chi connectivity index (χ2v) is 11.5. The van der Waals surface area contributed by atoms with Gasteiger partial charge in [0, 0.05) is 13.1 Å². The molecule has 1 aromatic carbocycles. The Kier molecular flexibility index (Phi) is 5.43. The van der Waals surface area contributed by atoms with Gasteiger partial charge in [0.15, 0.2) is 0 Å². The van der Waals surface area contributed by atoms with Crippen molar-refractivity contribution < 1.29 is 13.2 Å². The molecule has 0 aliphatic heterocycles. The lowest BCUT2D eigenvalue weighted by molar-refractivity contribution is -0.129. The average molecular weight is 419 g/mol. The SMILES string of the molecule is CCN(CC)C(=O)CN(c1ccc(C23CC4CC(CC(C4)C2)C3)cc1)S(C)(=O)=O. The molecule has 0 saturated heterocycles. The Bertz CT molecular complexity index is 823. The van der Waals surface area contributed by atoms with E-state index in [9.17, 15) is 13.2 Å². The fourth-order valence-electron chi connectivity index (χ4n) is 6.64. The van der Waals surface area contributed by atoms with E-state index in [1.54, 1.807) is 4.90 Å². The molecule has 1 aromatic rings. The van der Waals surface area contributed by atoms with Crippen LogP contribution >= 0.6 is 0 Å². The first-order valence-electron chi connectivity index (χ1n) is 11.1. The molecule has 4 bridgehead atoms. The highest BCUT2D eigenvalue weighted by Gasteiger charge is 2.51. The number of carbonyl (C=O) groups is 1. The summed E-state index contributed by atoms with van der Waals surface area (Å²) in [4.78, 5) is 14.2. The third kappa shape index (κ3) is 3.92. The smallest absolute Gasteiger partial charge is 0.243 e. The zero-order valence-corrected chi connectivity index (χ0v) is 18.7. The number of sulfonamides is 1. The molecule has 6 heteroatoms. The summed E-state index contributed by atoms with van der Waals surface area (Å²) in [5, 5.41) is 0. The Morgan fingerprint density at radius 3 is 1.86 bits per heavy atom. The van der Waals surface area contributed by atoms with Crippen LogP contribution in [0, 0.1) is 17.8 Å². The standard InChI is InChI=1S/C23H34N2O3S/c1-4-24(5-2)22(26)16-25(29(3,27)28)21-8-6-20(7-9-21)23-13-17-10-18(14-23)12-19(11-17)15-23/h6-9,17-19H,4-5,10-16H2,1-3H3. The zero-order valence-electron chi connectivity index (χ0n) is 17.9. The number of nitrogens with zero attached hydrogens (tertiary/aromatic N) is 2. The van der Waals surface area contributed by atoms with Gasteiger partial charge in [-0.1, -0.05) is 12.1 Å². The van der Waals surface area contributed by atoms with Gasteiger partial charge in [0.05, 0.1) is 11.9 Å². The molecular formula is C23H34N2O3S. The molecule has 5 nitrogen and oxygen atoms in total. The molecule has 4 aliphatic carbocycles. The maximum absolute atomic E-state index is 12.6. The van der Waals surface area contributed by atoms with Gasteiger partial charge in [-0.15, -0.1) is 0 Å². The molecule has 0 unspecified atom stereocenters. The summed E-state index contributed by atoms with van der Waals surface area (Å²) in [5.41, 5.74) is 2.24. The van der Waals surface area contributed by atoms with Crippen LogP contribution in [0.1, 0.15) is 57.9 Å². The van der Waals surface area contributed by atoms with Crippen molar-refractivity contribution in [3.63, 3.8) is 0 Å². The van der Waals surface area contributed by atoms with E-state index in [0.717, 1.165) is 17.8 Å². The predicted octanol–water partition coefficient (Wildman–Crippen LogP) is 3.79. The highest BCUT2D eigenvalue weighted by Crippen LogP contribution is 2.60. The number of likely N-dealkylation sites (N-methyl/N-ethyl adjacent to an activating group) is 1. The minimum atomic E-state index is -3.53. The van der Waals surface area contributed by atoms with Gasteiger partial charge in [-0.25, -0.2) is 8.42 Å². The first kappa shape index (κ1) is 20.7. The van der Waals surface area contributed by atoms with Crippen molar-refractivity contribution in [1.29, 1.82) is 0 Å². The Morgan fingerprint density at radius 1 is 0.966 bits per heavy atom. The summed E-state index contributed by atoms with van der Waals surface area (Å²) >= 11 is 0. The minimum Gasteiger partial charge on any atom is -0.342 e. The zero-order chi connectivity index (χ0) is 20.8. The summed E-state index contributed by atoms with van der Waals surface area (Å²) in [6, 6.07) is 8.07. The molecule has 4 saturated carbocycles. The number of carbonyl (C=O) groups excluding carboxylic acids is 1. The van der Waals surface area contributed by atoms with E-state index in [0.29, 0.717) is 24.2 Å². The number of amides is 1. The highest BCUT2D eigenvalue weighted by molar-refractivity contribution is 7.92. The fraction of sp³-hybridized carbons (Fsp3) is 0.696. The Hall–Kier alpha value is -1.56. The molecule has 1 amide bonds. The highest BCUT2D eigenvalue weighted by atomic mass is 32.2. The van der Waals surface area contributed by atoms with E-state index in [-0.39, 0.29) is 12.5 Å². The maximum Gasteiger partial charge on any atom is 0.243 e. The number of anilines is 1. The summed E-state index contributed by atoms with van der Waals surface area (Å²) in [5.74, 6) is 2.46. The van der Waals surface area contributed by atoms with E-state index in [1.807, 2.05) is 26.0 Å². The predicted molar refractivity (Wildman–Crippen MR) is 116 cm³/mol. The van der Waals surface area contributed by atoms with E-state index in [2.05, 4.69) is 12.1 Å². The van der Waals surface area contributed by atoms with Crippen LogP contribution in [0.25, 0.3) is 0 Å². The van der Waals surface area contributed by atoms with Crippen molar-refractivity contribution in [2.24, 2.45) is 17.8 Å². The minimum absolute atomic E-state index is 0.142. The number of rotatable bonds is 7. The molecule has 0 radical (unpaired) electrons. The third-order valence-electron chi connectivity index (χ3n) is 7.60. The monoisotopic (exact) mass is 418 g/mol. The van der Waals surface area contributed by atoms with Gasteiger partial charge < -0.3 is 4.90 Å². The molecule has 0 aromatic heterocycles. The maximum atomic E-state index is 12.6. The van der Waals surface area contributed by atoms with Crippen LogP contribution in [0.5, 0.6) is 0 Å². The summed E-state index contributed by atoms with van der Waals surface area (Å²) < 4.78 is 26.1. The summed E-state index contributed by atoms with van der Waals surface area (Å²) in [6.45, 7) is 4.84. The van der Waals surface area contributed by atoms with Crippen LogP contribution < -0.4 is 4.31 Å². The van der Waals surface area contributed by atoms with Crippen molar-refractivity contribution >= 4 is 21.6 Å². The molecule has 4 aliphatic rings. The second-order valence-electron chi connectivity index (χ2n) is 9.58. The molecule has 0 N–H and O–H groups in total. The number of benzene rings is 1. The molecule has 0 atom stereocenters. The van der Waals surface area contributed by atoms with Crippen molar-refractivity contribution in [1.82, 2.24) is 4.90 Å². The van der Waals surface area contributed by atoms with E-state index < -0.39 is 10.0 Å². The van der Waals surface area contributed by atoms with Gasteiger partial charge >= 0.3 is 0 Å². The number of hydrogen-bond donors (Lipinski definition) is 0. The van der Waals surface area contributed by atoms with Crippen molar-refractivity contribution in [2.75, 3.05) is 30.2 Å². The quantitative estimate of drug-likeness (QED) is 0.677. The van der Waals surface area contributed by atoms with Crippen LogP contribution in [-0.2, 0) is 20.2 Å². The van der Waals surface area contributed by atoms with Crippen molar-refractivity contribution in [2.45, 2.75) is 57.8 Å². The van der Waals surface area contributed by atoms with Crippen LogP contribution in [0.15, 0.2) is 24.3 Å². The molecule has 29 heavy (non-hydrogen) atoms. The first-order chi connectivity index (χ1) is 13.7. The number of hydrogen-bond acceptors (Lipinski definition) is 3. The van der Waals surface area contributed by atoms with E-state index in [1.165, 1.54) is 54.6 Å². The van der Waals surface area contributed by atoms with E-state index >= 15 is 0 Å². The van der Waals surface area contributed by atoms with Gasteiger partial charge in [-0.2, -0.15) is 0 Å². The lowest BCUT2D eigenvalue weighted by Gasteiger charge is -2.57. The van der Waals surface area contributed by atoms with Gasteiger partial charge in [-0.3, -0.25) is 9.10 Å². The van der Waals surface area contributed by atoms with Crippen LogP contribution in [-0.4, -0.2) is 45.1 Å². The Labute approximate surface area is 175 Å². The largest absolute Gasteiger partial charge is 0.342 e. The Morgan fingerprint density at radius 2 is 1.45 bits per heavy atom. The van der Waals surface area contributed by atoms with Crippen LogP contribution in [0.4, 0.5) is 5.69 Å². The lowest BCUT2D eigenvalue weighted by Crippen LogP contribution is -2.48. The molecule has 160 valence electrons. The second kappa shape index (κ2) is 7.60. The molecule has 4 fully saturated rings. The normalized spacial score (nSPS) is 30.4. The van der Waals surface area contributed by atoms with Crippen LogP contribution in [0.2, 0.25) is 0 Å². The van der Waals surface area contributed by atoms with Gasteiger partial charge in [0.25, 0.3) is 0 Å². The summed E-state index contributed by atoms with van der Waals surface area (Å²) in [6.07, 6.45) is 9.26. The van der Waals surface area contributed by atoms with Crippen molar-refractivity contribution in [3.8, 4) is 0 Å². The molecule has 0 heterocycles. The summed E-state index contributed by atoms with van der Waals surface area (Å²) in [7, 11) is -3.53. The Balaban J connectivity index is 1.57. The molecule has 0 spiro atoms. The molecular weight excluding hydrogens is 384 g/mol. The topological polar surface area (TPSA) is 57.7 Å². The first-order valence-corrected chi connectivity index (χ1v) is 12.9. The third-order valence-corrected chi connectivity index (χ3v) is 8.74. The average Bonchev–Trinajstić information content (AvgIpc) is 2.65. The van der Waals surface area contributed by atoms with Crippen molar-refractivity contribution in [3.05, 3.63) is 29.8 Å². The molecule has 5 rings (SSSR count). The lowest BCUT2D eigenvalue weighted by atomic mass is 9.48. The van der Waals surface area contributed by atoms with Crippen LogP contribution in [0.3, 0.4) is 0 Å².